The van der Waals surface area contributed by atoms with E-state index in [0.29, 0.717) is 19.0 Å². The van der Waals surface area contributed by atoms with E-state index < -0.39 is 0 Å². The molecule has 3 nitrogen and oxygen atoms in total. The zero-order valence-corrected chi connectivity index (χ0v) is 9.03. The Kier molecular flexibility index (Phi) is 3.08. The van der Waals surface area contributed by atoms with Gasteiger partial charge in [0.05, 0.1) is 0 Å². The monoisotopic (exact) mass is 222 g/mol. The maximum atomic E-state index is 12.8. The molecule has 1 fully saturated rings. The van der Waals surface area contributed by atoms with Crippen molar-refractivity contribution >= 4 is 6.03 Å². The van der Waals surface area contributed by atoms with Gasteiger partial charge >= 0.3 is 6.03 Å². The number of nitrogens with zero attached hydrogens (tertiary/aromatic N) is 1. The maximum absolute atomic E-state index is 12.8. The Morgan fingerprint density at radius 2 is 1.81 bits per heavy atom. The van der Waals surface area contributed by atoms with Gasteiger partial charge in [0.25, 0.3) is 0 Å². The van der Waals surface area contributed by atoms with Crippen LogP contribution in [0.5, 0.6) is 0 Å². The third-order valence-electron chi connectivity index (χ3n) is 3.15. The molecule has 1 saturated heterocycles. The standard InChI is InChI=1S/C12H15FN2O/c13-11-3-1-9(2-4-11)10-5-7-15(8-6-10)12(14)16/h1-4,10H,5-8H2,(H2,14,16). The van der Waals surface area contributed by atoms with Crippen LogP contribution in [0, 0.1) is 5.82 Å². The van der Waals surface area contributed by atoms with Crippen molar-refractivity contribution in [3.05, 3.63) is 35.6 Å². The Bertz CT molecular complexity index is 369. The zero-order chi connectivity index (χ0) is 11.5. The number of carbonyl (C=O) groups is 1. The lowest BCUT2D eigenvalue weighted by Gasteiger charge is -2.30. The second-order valence-electron chi connectivity index (χ2n) is 4.15. The van der Waals surface area contributed by atoms with Crippen molar-refractivity contribution in [1.82, 2.24) is 4.90 Å². The van der Waals surface area contributed by atoms with Crippen LogP contribution in [0.2, 0.25) is 0 Å². The van der Waals surface area contributed by atoms with Gasteiger partial charge in [-0.2, -0.15) is 0 Å². The molecule has 1 aliphatic heterocycles. The molecule has 4 heteroatoms. The van der Waals surface area contributed by atoms with Crippen molar-refractivity contribution in [2.45, 2.75) is 18.8 Å². The molecular weight excluding hydrogens is 207 g/mol. The lowest BCUT2D eigenvalue weighted by molar-refractivity contribution is 0.190. The van der Waals surface area contributed by atoms with Gasteiger partial charge < -0.3 is 10.6 Å². The van der Waals surface area contributed by atoms with Gasteiger partial charge in [0, 0.05) is 13.1 Å². The molecule has 2 amide bonds. The number of urea groups is 1. The van der Waals surface area contributed by atoms with Crippen molar-refractivity contribution in [2.24, 2.45) is 5.73 Å². The minimum Gasteiger partial charge on any atom is -0.351 e. The minimum atomic E-state index is -0.349. The van der Waals surface area contributed by atoms with Gasteiger partial charge in [-0.15, -0.1) is 0 Å². The Morgan fingerprint density at radius 1 is 1.25 bits per heavy atom. The van der Waals surface area contributed by atoms with Gasteiger partial charge in [0.1, 0.15) is 5.82 Å². The summed E-state index contributed by atoms with van der Waals surface area (Å²) in [5.41, 5.74) is 6.35. The van der Waals surface area contributed by atoms with Crippen molar-refractivity contribution in [1.29, 1.82) is 0 Å². The summed E-state index contributed by atoms with van der Waals surface area (Å²) >= 11 is 0. The Labute approximate surface area is 94.0 Å². The molecule has 16 heavy (non-hydrogen) atoms. The molecule has 1 heterocycles. The smallest absolute Gasteiger partial charge is 0.314 e. The van der Waals surface area contributed by atoms with Crippen LogP contribution in [0.15, 0.2) is 24.3 Å². The number of amides is 2. The molecule has 2 N–H and O–H groups in total. The predicted octanol–water partition coefficient (Wildman–Crippen LogP) is 2.08. The molecular formula is C12H15FN2O. The third kappa shape index (κ3) is 2.32. The highest BCUT2D eigenvalue weighted by Crippen LogP contribution is 2.27. The fourth-order valence-electron chi connectivity index (χ4n) is 2.17. The quantitative estimate of drug-likeness (QED) is 0.777. The number of nitrogens with two attached hydrogens (primary N) is 1. The first-order chi connectivity index (χ1) is 7.66. The first-order valence-electron chi connectivity index (χ1n) is 5.46. The largest absolute Gasteiger partial charge is 0.351 e. The summed E-state index contributed by atoms with van der Waals surface area (Å²) in [5, 5.41) is 0. The van der Waals surface area contributed by atoms with Crippen LogP contribution in [0.3, 0.4) is 0 Å². The number of benzene rings is 1. The Morgan fingerprint density at radius 3 is 2.31 bits per heavy atom. The molecule has 0 bridgehead atoms. The van der Waals surface area contributed by atoms with Gasteiger partial charge in [0.15, 0.2) is 0 Å². The number of carbonyl (C=O) groups excluding carboxylic acids is 1. The number of halogens is 1. The summed E-state index contributed by atoms with van der Waals surface area (Å²) in [5.74, 6) is 0.203. The molecule has 86 valence electrons. The van der Waals surface area contributed by atoms with Gasteiger partial charge in [-0.1, -0.05) is 12.1 Å². The van der Waals surface area contributed by atoms with E-state index in [9.17, 15) is 9.18 Å². The Hall–Kier alpha value is -1.58. The van der Waals surface area contributed by atoms with E-state index in [1.165, 1.54) is 12.1 Å². The van der Waals surface area contributed by atoms with E-state index in [0.717, 1.165) is 18.4 Å². The summed E-state index contributed by atoms with van der Waals surface area (Å²) in [6, 6.07) is 6.25. The van der Waals surface area contributed by atoms with Crippen LogP contribution < -0.4 is 5.73 Å². The molecule has 0 unspecified atom stereocenters. The lowest BCUT2D eigenvalue weighted by atomic mass is 9.89. The molecule has 0 atom stereocenters. The van der Waals surface area contributed by atoms with E-state index in [1.807, 2.05) is 12.1 Å². The van der Waals surface area contributed by atoms with E-state index in [4.69, 9.17) is 5.73 Å². The van der Waals surface area contributed by atoms with Gasteiger partial charge in [-0.3, -0.25) is 0 Å². The van der Waals surface area contributed by atoms with Crippen molar-refractivity contribution in [3.63, 3.8) is 0 Å². The summed E-state index contributed by atoms with van der Waals surface area (Å²) in [6.07, 6.45) is 1.79. The molecule has 2 rings (SSSR count). The number of primary amides is 1. The van der Waals surface area contributed by atoms with Gasteiger partial charge in [-0.25, -0.2) is 9.18 Å². The van der Waals surface area contributed by atoms with E-state index >= 15 is 0 Å². The Balaban J connectivity index is 1.99. The zero-order valence-electron chi connectivity index (χ0n) is 9.03. The molecule has 1 aromatic carbocycles. The summed E-state index contributed by atoms with van der Waals surface area (Å²) < 4.78 is 12.8. The average Bonchev–Trinajstić information content (AvgIpc) is 2.30. The summed E-state index contributed by atoms with van der Waals surface area (Å²) in [4.78, 5) is 12.6. The fraction of sp³-hybridized carbons (Fsp3) is 0.417. The number of likely N-dealkylation sites (tertiary alicyclic amines) is 1. The SMILES string of the molecule is NC(=O)N1CCC(c2ccc(F)cc2)CC1. The third-order valence-corrected chi connectivity index (χ3v) is 3.15. The van der Waals surface area contributed by atoms with Crippen LogP contribution in [0.25, 0.3) is 0 Å². The number of hydrogen-bond acceptors (Lipinski definition) is 1. The summed E-state index contributed by atoms with van der Waals surface area (Å²) in [7, 11) is 0. The molecule has 1 aromatic rings. The highest BCUT2D eigenvalue weighted by Gasteiger charge is 2.22. The van der Waals surface area contributed by atoms with Crippen molar-refractivity contribution in [2.75, 3.05) is 13.1 Å². The first kappa shape index (κ1) is 10.9. The minimum absolute atomic E-state index is 0.210. The van der Waals surface area contributed by atoms with Crippen molar-refractivity contribution in [3.8, 4) is 0 Å². The highest BCUT2D eigenvalue weighted by atomic mass is 19.1. The lowest BCUT2D eigenvalue weighted by Crippen LogP contribution is -2.41. The maximum Gasteiger partial charge on any atom is 0.314 e. The topological polar surface area (TPSA) is 46.3 Å². The normalized spacial score (nSPS) is 17.4. The summed E-state index contributed by atoms with van der Waals surface area (Å²) in [6.45, 7) is 1.38. The molecule has 0 radical (unpaired) electrons. The van der Waals surface area contributed by atoms with Gasteiger partial charge in [-0.05, 0) is 36.5 Å². The van der Waals surface area contributed by atoms with E-state index in [-0.39, 0.29) is 11.8 Å². The molecule has 0 aromatic heterocycles. The highest BCUT2D eigenvalue weighted by molar-refractivity contribution is 5.72. The fourth-order valence-corrected chi connectivity index (χ4v) is 2.17. The first-order valence-corrected chi connectivity index (χ1v) is 5.46. The second-order valence-corrected chi connectivity index (χ2v) is 4.15. The van der Waals surface area contributed by atoms with Crippen LogP contribution in [-0.4, -0.2) is 24.0 Å². The second kappa shape index (κ2) is 4.51. The molecule has 0 saturated carbocycles. The predicted molar refractivity (Wildman–Crippen MR) is 59.5 cm³/mol. The van der Waals surface area contributed by atoms with Crippen LogP contribution >= 0.6 is 0 Å². The van der Waals surface area contributed by atoms with E-state index in [1.54, 1.807) is 4.90 Å². The molecule has 0 aliphatic carbocycles. The molecule has 1 aliphatic rings. The van der Waals surface area contributed by atoms with Gasteiger partial charge in [0.2, 0.25) is 0 Å². The van der Waals surface area contributed by atoms with Crippen LogP contribution in [0.1, 0.15) is 24.3 Å². The number of piperidine rings is 1. The number of hydrogen-bond donors (Lipinski definition) is 1. The van der Waals surface area contributed by atoms with Crippen molar-refractivity contribution < 1.29 is 9.18 Å². The van der Waals surface area contributed by atoms with Crippen LogP contribution in [0.4, 0.5) is 9.18 Å². The van der Waals surface area contributed by atoms with Crippen LogP contribution in [-0.2, 0) is 0 Å². The number of rotatable bonds is 1. The average molecular weight is 222 g/mol. The molecule has 0 spiro atoms. The van der Waals surface area contributed by atoms with E-state index in [2.05, 4.69) is 0 Å².